The molecule has 0 aliphatic carbocycles. The van der Waals surface area contributed by atoms with Crippen molar-refractivity contribution < 1.29 is 18.0 Å². The van der Waals surface area contributed by atoms with Crippen molar-refractivity contribution in [1.82, 2.24) is 0 Å². The Morgan fingerprint density at radius 3 is 2.70 bits per heavy atom. The molecule has 0 saturated heterocycles. The minimum Gasteiger partial charge on any atom is -0.346 e. The first-order valence-electron chi connectivity index (χ1n) is 8.33. The number of anilines is 2. The number of hydrogen-bond donors (Lipinski definition) is 1. The van der Waals surface area contributed by atoms with E-state index < -0.39 is 17.6 Å². The lowest BCUT2D eigenvalue weighted by Gasteiger charge is -2.28. The first-order valence-corrected chi connectivity index (χ1v) is 8.33. The average Bonchev–Trinajstić information content (AvgIpc) is 2.65. The molecule has 0 spiro atoms. The van der Waals surface area contributed by atoms with Crippen LogP contribution in [-0.4, -0.2) is 12.5 Å². The molecule has 1 aliphatic heterocycles. The van der Waals surface area contributed by atoms with Crippen LogP contribution < -0.4 is 10.2 Å². The molecule has 0 saturated carbocycles. The molecule has 1 heterocycles. The molecule has 27 heavy (non-hydrogen) atoms. The molecular weight excluding hydrogens is 355 g/mol. The van der Waals surface area contributed by atoms with Gasteiger partial charge >= 0.3 is 6.18 Å². The van der Waals surface area contributed by atoms with E-state index in [0.717, 1.165) is 36.2 Å². The van der Waals surface area contributed by atoms with Crippen molar-refractivity contribution in [3.8, 4) is 6.07 Å². The van der Waals surface area contributed by atoms with Crippen LogP contribution in [0.3, 0.4) is 0 Å². The fourth-order valence-corrected chi connectivity index (χ4v) is 2.96. The molecule has 0 unspecified atom stereocenters. The maximum atomic E-state index is 12.8. The van der Waals surface area contributed by atoms with E-state index in [9.17, 15) is 23.2 Å². The van der Waals surface area contributed by atoms with Crippen LogP contribution in [0.1, 0.15) is 17.5 Å². The van der Waals surface area contributed by atoms with Gasteiger partial charge in [0.2, 0.25) is 0 Å². The third-order valence-corrected chi connectivity index (χ3v) is 4.24. The van der Waals surface area contributed by atoms with Crippen molar-refractivity contribution in [1.29, 1.82) is 5.26 Å². The Labute approximate surface area is 154 Å². The summed E-state index contributed by atoms with van der Waals surface area (Å²) >= 11 is 0. The highest BCUT2D eigenvalue weighted by atomic mass is 19.4. The van der Waals surface area contributed by atoms with E-state index in [2.05, 4.69) is 5.32 Å². The van der Waals surface area contributed by atoms with Crippen molar-refractivity contribution in [2.75, 3.05) is 16.8 Å². The van der Waals surface area contributed by atoms with Gasteiger partial charge in [-0.1, -0.05) is 24.3 Å². The molecule has 1 amide bonds. The molecule has 3 rings (SSSR count). The maximum absolute atomic E-state index is 12.8. The summed E-state index contributed by atoms with van der Waals surface area (Å²) in [6.45, 7) is 0.652. The normalized spacial score (nSPS) is 14.3. The van der Waals surface area contributed by atoms with Crippen molar-refractivity contribution >= 4 is 17.3 Å². The third kappa shape index (κ3) is 4.29. The summed E-state index contributed by atoms with van der Waals surface area (Å²) in [5, 5.41) is 11.7. The Hall–Kier alpha value is -3.27. The van der Waals surface area contributed by atoms with Crippen LogP contribution >= 0.6 is 0 Å². The number of fused-ring (bicyclic) bond motifs is 1. The number of carbonyl (C=O) groups excluding carboxylic acids is 1. The molecule has 0 bridgehead atoms. The molecule has 4 nitrogen and oxygen atoms in total. The largest absolute Gasteiger partial charge is 0.416 e. The molecule has 0 aromatic heterocycles. The van der Waals surface area contributed by atoms with Crippen LogP contribution in [0.4, 0.5) is 24.5 Å². The SMILES string of the molecule is N#C/C(=C/N1CCCc2ccccc21)C(=O)Nc1cccc(C(F)(F)F)c1. The van der Waals surface area contributed by atoms with E-state index in [1.54, 1.807) is 0 Å². The van der Waals surface area contributed by atoms with Crippen LogP contribution in [0.2, 0.25) is 0 Å². The highest BCUT2D eigenvalue weighted by Gasteiger charge is 2.30. The fourth-order valence-electron chi connectivity index (χ4n) is 2.96. The number of carbonyl (C=O) groups is 1. The lowest BCUT2D eigenvalue weighted by molar-refractivity contribution is -0.137. The Bertz CT molecular complexity index is 929. The van der Waals surface area contributed by atoms with Gasteiger partial charge in [0, 0.05) is 24.1 Å². The van der Waals surface area contributed by atoms with Crippen molar-refractivity contribution in [2.24, 2.45) is 0 Å². The Morgan fingerprint density at radius 1 is 1.19 bits per heavy atom. The van der Waals surface area contributed by atoms with E-state index >= 15 is 0 Å². The lowest BCUT2D eigenvalue weighted by atomic mass is 10.0. The topological polar surface area (TPSA) is 56.1 Å². The first kappa shape index (κ1) is 18.5. The number of rotatable bonds is 3. The van der Waals surface area contributed by atoms with Gasteiger partial charge in [-0.2, -0.15) is 18.4 Å². The number of aryl methyl sites for hydroxylation is 1. The van der Waals surface area contributed by atoms with E-state index in [0.29, 0.717) is 6.54 Å². The molecule has 7 heteroatoms. The Morgan fingerprint density at radius 2 is 1.96 bits per heavy atom. The number of hydrogen-bond acceptors (Lipinski definition) is 3. The number of nitrogens with one attached hydrogen (secondary N) is 1. The predicted octanol–water partition coefficient (Wildman–Crippen LogP) is 4.50. The average molecular weight is 371 g/mol. The van der Waals surface area contributed by atoms with E-state index in [1.807, 2.05) is 35.2 Å². The van der Waals surface area contributed by atoms with Gasteiger partial charge in [-0.05, 0) is 42.7 Å². The molecule has 2 aromatic carbocycles. The molecule has 0 fully saturated rings. The van der Waals surface area contributed by atoms with Gasteiger partial charge in [0.25, 0.3) is 5.91 Å². The van der Waals surface area contributed by atoms with Crippen molar-refractivity contribution in [3.63, 3.8) is 0 Å². The zero-order valence-electron chi connectivity index (χ0n) is 14.3. The summed E-state index contributed by atoms with van der Waals surface area (Å²) in [4.78, 5) is 14.2. The number of nitriles is 1. The Kier molecular flexibility index (Phi) is 5.17. The van der Waals surface area contributed by atoms with Crippen LogP contribution in [0.25, 0.3) is 0 Å². The highest BCUT2D eigenvalue weighted by Crippen LogP contribution is 2.31. The molecule has 2 aromatic rings. The van der Waals surface area contributed by atoms with E-state index in [-0.39, 0.29) is 11.3 Å². The van der Waals surface area contributed by atoms with Gasteiger partial charge in [0.1, 0.15) is 11.6 Å². The number of benzene rings is 2. The van der Waals surface area contributed by atoms with Gasteiger partial charge in [-0.15, -0.1) is 0 Å². The van der Waals surface area contributed by atoms with Crippen LogP contribution in [-0.2, 0) is 17.4 Å². The van der Waals surface area contributed by atoms with E-state index in [4.69, 9.17) is 0 Å². The van der Waals surface area contributed by atoms with Crippen molar-refractivity contribution in [2.45, 2.75) is 19.0 Å². The van der Waals surface area contributed by atoms with Gasteiger partial charge in [0.05, 0.1) is 5.56 Å². The first-order chi connectivity index (χ1) is 12.9. The van der Waals surface area contributed by atoms with Crippen LogP contribution in [0.5, 0.6) is 0 Å². The van der Waals surface area contributed by atoms with Gasteiger partial charge in [0.15, 0.2) is 0 Å². The quantitative estimate of drug-likeness (QED) is 0.638. The van der Waals surface area contributed by atoms with Gasteiger partial charge < -0.3 is 10.2 Å². The van der Waals surface area contributed by atoms with Crippen LogP contribution in [0.15, 0.2) is 60.3 Å². The minimum absolute atomic E-state index is 0.0185. The smallest absolute Gasteiger partial charge is 0.346 e. The molecule has 0 radical (unpaired) electrons. The second kappa shape index (κ2) is 7.54. The van der Waals surface area contributed by atoms with Crippen molar-refractivity contribution in [3.05, 3.63) is 71.4 Å². The number of nitrogens with zero attached hydrogens (tertiary/aromatic N) is 2. The zero-order chi connectivity index (χ0) is 19.4. The van der Waals surface area contributed by atoms with E-state index in [1.165, 1.54) is 18.3 Å². The lowest BCUT2D eigenvalue weighted by Crippen LogP contribution is -2.26. The fraction of sp³-hybridized carbons (Fsp3) is 0.200. The highest BCUT2D eigenvalue weighted by molar-refractivity contribution is 6.06. The van der Waals surface area contributed by atoms with Gasteiger partial charge in [-0.3, -0.25) is 4.79 Å². The number of amides is 1. The summed E-state index contributed by atoms with van der Waals surface area (Å²) < 4.78 is 38.4. The second-order valence-corrected chi connectivity index (χ2v) is 6.11. The minimum atomic E-state index is -4.51. The zero-order valence-corrected chi connectivity index (χ0v) is 14.3. The summed E-state index contributed by atoms with van der Waals surface area (Å²) in [6.07, 6.45) is -1.27. The third-order valence-electron chi connectivity index (χ3n) is 4.24. The summed E-state index contributed by atoms with van der Waals surface area (Å²) in [5.74, 6) is -0.750. The van der Waals surface area contributed by atoms with Gasteiger partial charge in [-0.25, -0.2) is 0 Å². The summed E-state index contributed by atoms with van der Waals surface area (Å²) in [7, 11) is 0. The molecule has 138 valence electrons. The maximum Gasteiger partial charge on any atom is 0.416 e. The monoisotopic (exact) mass is 371 g/mol. The summed E-state index contributed by atoms with van der Waals surface area (Å²) in [5.41, 5.74) is 0.978. The molecular formula is C20H16F3N3O. The Balaban J connectivity index is 1.82. The number of alkyl halides is 3. The number of halogens is 3. The second-order valence-electron chi connectivity index (χ2n) is 6.11. The standard InChI is InChI=1S/C20H16F3N3O/c21-20(22,23)16-7-3-8-17(11-16)25-19(27)15(12-24)13-26-10-4-6-14-5-1-2-9-18(14)26/h1-3,5,7-9,11,13H,4,6,10H2,(H,25,27)/b15-13-. The van der Waals surface area contributed by atoms with Crippen LogP contribution in [0, 0.1) is 11.3 Å². The molecule has 1 N–H and O–H groups in total. The number of para-hydroxylation sites is 1. The predicted molar refractivity (Wildman–Crippen MR) is 95.9 cm³/mol. The molecule has 1 aliphatic rings. The summed E-state index contributed by atoms with van der Waals surface area (Å²) in [6, 6.07) is 13.8. The molecule has 0 atom stereocenters.